The number of rotatable bonds is 2. The van der Waals surface area contributed by atoms with Gasteiger partial charge in [0, 0.05) is 9.79 Å². The van der Waals surface area contributed by atoms with E-state index in [2.05, 4.69) is 0 Å². The number of halogens is 6. The second-order valence-electron chi connectivity index (χ2n) is 4.91. The topological polar surface area (TPSA) is 92.5 Å². The lowest BCUT2D eigenvalue weighted by Crippen LogP contribution is -2.09. The molecule has 6 N–H and O–H groups in total. The van der Waals surface area contributed by atoms with E-state index in [-0.39, 0.29) is 11.8 Å². The Labute approximate surface area is 141 Å². The van der Waals surface area contributed by atoms with Gasteiger partial charge in [-0.05, 0) is 24.3 Å². The molecule has 0 bridgehead atoms. The minimum absolute atomic E-state index is 0.118. The van der Waals surface area contributed by atoms with E-state index in [1.807, 2.05) is 0 Å². The molecule has 0 saturated heterocycles. The standard InChI is InChI=1S/C14H10F6N2O2S/c15-13(16,17)5-1-9(23)7(21)3-11(5)25-12-4-8(22)10(24)2-6(12)14(18,19)20/h1-4,23-24H,21-22H2. The van der Waals surface area contributed by atoms with Crippen LogP contribution in [0, 0.1) is 0 Å². The molecule has 2 aromatic carbocycles. The average Bonchev–Trinajstić information content (AvgIpc) is 2.43. The van der Waals surface area contributed by atoms with Crippen LogP contribution in [0.2, 0.25) is 0 Å². The number of anilines is 2. The maximum absolute atomic E-state index is 13.1. The van der Waals surface area contributed by atoms with Crippen LogP contribution >= 0.6 is 11.8 Å². The van der Waals surface area contributed by atoms with Gasteiger partial charge in [-0.3, -0.25) is 0 Å². The van der Waals surface area contributed by atoms with E-state index in [1.165, 1.54) is 0 Å². The minimum atomic E-state index is -4.94. The molecule has 25 heavy (non-hydrogen) atoms. The Morgan fingerprint density at radius 2 is 1.00 bits per heavy atom. The van der Waals surface area contributed by atoms with Crippen molar-refractivity contribution in [1.82, 2.24) is 0 Å². The van der Waals surface area contributed by atoms with Crippen LogP contribution in [0.25, 0.3) is 0 Å². The molecule has 0 fully saturated rings. The van der Waals surface area contributed by atoms with Crippen molar-refractivity contribution < 1.29 is 36.6 Å². The summed E-state index contributed by atoms with van der Waals surface area (Å²) in [5.41, 5.74) is 7.11. The van der Waals surface area contributed by atoms with Gasteiger partial charge in [0.25, 0.3) is 0 Å². The number of aromatic hydroxyl groups is 2. The zero-order chi connectivity index (χ0) is 19.2. The highest BCUT2D eigenvalue weighted by Crippen LogP contribution is 2.47. The number of phenols is 2. The highest BCUT2D eigenvalue weighted by molar-refractivity contribution is 7.99. The van der Waals surface area contributed by atoms with Crippen molar-refractivity contribution in [3.05, 3.63) is 35.4 Å². The van der Waals surface area contributed by atoms with Gasteiger partial charge < -0.3 is 21.7 Å². The highest BCUT2D eigenvalue weighted by Gasteiger charge is 2.38. The zero-order valence-electron chi connectivity index (χ0n) is 12.0. The van der Waals surface area contributed by atoms with Gasteiger partial charge in [0.05, 0.1) is 22.5 Å². The van der Waals surface area contributed by atoms with Gasteiger partial charge in [0.1, 0.15) is 11.5 Å². The van der Waals surface area contributed by atoms with Crippen LogP contribution in [-0.2, 0) is 12.4 Å². The molecule has 0 saturated carbocycles. The van der Waals surface area contributed by atoms with Crippen molar-refractivity contribution in [3.63, 3.8) is 0 Å². The molecule has 11 heteroatoms. The molecule has 0 unspecified atom stereocenters. The van der Waals surface area contributed by atoms with Crippen LogP contribution < -0.4 is 11.5 Å². The van der Waals surface area contributed by atoms with E-state index in [0.29, 0.717) is 24.3 Å². The Morgan fingerprint density at radius 1 is 0.680 bits per heavy atom. The summed E-state index contributed by atoms with van der Waals surface area (Å²) in [4.78, 5) is -1.31. The van der Waals surface area contributed by atoms with Crippen LogP contribution in [0.3, 0.4) is 0 Å². The summed E-state index contributed by atoms with van der Waals surface area (Å²) in [5.74, 6) is -1.70. The lowest BCUT2D eigenvalue weighted by atomic mass is 10.2. The Bertz CT molecular complexity index is 753. The quantitative estimate of drug-likeness (QED) is 0.349. The molecule has 0 aliphatic carbocycles. The average molecular weight is 384 g/mol. The third-order valence-electron chi connectivity index (χ3n) is 3.09. The number of benzene rings is 2. The Hall–Kier alpha value is -2.43. The number of phenolic OH excluding ortho intramolecular Hbond substituents is 2. The summed E-state index contributed by atoms with van der Waals surface area (Å²) in [7, 11) is 0. The molecule has 0 radical (unpaired) electrons. The maximum Gasteiger partial charge on any atom is 0.417 e. The Kier molecular flexibility index (Phi) is 4.64. The van der Waals surface area contributed by atoms with Crippen LogP contribution in [-0.4, -0.2) is 10.2 Å². The molecule has 0 aromatic heterocycles. The lowest BCUT2D eigenvalue weighted by Gasteiger charge is -2.17. The second-order valence-corrected chi connectivity index (χ2v) is 6.00. The first-order valence-electron chi connectivity index (χ1n) is 6.38. The smallest absolute Gasteiger partial charge is 0.417 e. The van der Waals surface area contributed by atoms with Gasteiger partial charge >= 0.3 is 12.4 Å². The van der Waals surface area contributed by atoms with Crippen molar-refractivity contribution in [1.29, 1.82) is 0 Å². The molecular formula is C14H10F6N2O2S. The van der Waals surface area contributed by atoms with Crippen LogP contribution in [0.5, 0.6) is 11.5 Å². The predicted octanol–water partition coefficient (Wildman–Crippen LogP) is 4.45. The number of nitrogens with two attached hydrogens (primary N) is 2. The molecule has 0 aliphatic rings. The van der Waals surface area contributed by atoms with Crippen molar-refractivity contribution >= 4 is 23.1 Å². The Balaban J connectivity index is 2.65. The van der Waals surface area contributed by atoms with E-state index in [0.717, 1.165) is 0 Å². The third kappa shape index (κ3) is 3.98. The van der Waals surface area contributed by atoms with Crippen molar-refractivity contribution in [2.75, 3.05) is 11.5 Å². The van der Waals surface area contributed by atoms with Crippen LogP contribution in [0.4, 0.5) is 37.7 Å². The first-order valence-corrected chi connectivity index (χ1v) is 7.19. The molecule has 4 nitrogen and oxygen atoms in total. The fraction of sp³-hybridized carbons (Fsp3) is 0.143. The van der Waals surface area contributed by atoms with Gasteiger partial charge in [0.15, 0.2) is 0 Å². The summed E-state index contributed by atoms with van der Waals surface area (Å²) in [6.45, 7) is 0. The van der Waals surface area contributed by atoms with Crippen molar-refractivity contribution in [2.45, 2.75) is 22.1 Å². The summed E-state index contributed by atoms with van der Waals surface area (Å²) >= 11 is 0.118. The van der Waals surface area contributed by atoms with E-state index >= 15 is 0 Å². The number of hydrogen-bond acceptors (Lipinski definition) is 5. The molecule has 0 heterocycles. The third-order valence-corrected chi connectivity index (χ3v) is 4.20. The molecule has 2 aromatic rings. The van der Waals surface area contributed by atoms with E-state index in [9.17, 15) is 36.6 Å². The van der Waals surface area contributed by atoms with Gasteiger partial charge in [-0.25, -0.2) is 0 Å². The molecule has 136 valence electrons. The first kappa shape index (κ1) is 18.9. The van der Waals surface area contributed by atoms with Crippen LogP contribution in [0.1, 0.15) is 11.1 Å². The molecule has 0 aliphatic heterocycles. The molecule has 0 amide bonds. The molecule has 0 atom stereocenters. The van der Waals surface area contributed by atoms with Crippen molar-refractivity contribution in [3.8, 4) is 11.5 Å². The van der Waals surface area contributed by atoms with Gasteiger partial charge in [-0.1, -0.05) is 11.8 Å². The molecule has 0 spiro atoms. The van der Waals surface area contributed by atoms with E-state index in [4.69, 9.17) is 11.5 Å². The molecular weight excluding hydrogens is 374 g/mol. The number of hydrogen-bond donors (Lipinski definition) is 4. The van der Waals surface area contributed by atoms with Crippen molar-refractivity contribution in [2.24, 2.45) is 0 Å². The molecule has 2 rings (SSSR count). The lowest BCUT2D eigenvalue weighted by molar-refractivity contribution is -0.140. The van der Waals surface area contributed by atoms with Gasteiger partial charge in [-0.15, -0.1) is 0 Å². The predicted molar refractivity (Wildman–Crippen MR) is 79.2 cm³/mol. The number of alkyl halides is 6. The summed E-state index contributed by atoms with van der Waals surface area (Å²) in [5, 5.41) is 18.7. The first-order chi connectivity index (χ1) is 11.3. The summed E-state index contributed by atoms with van der Waals surface area (Å²) in [6.07, 6.45) is -9.87. The highest BCUT2D eigenvalue weighted by atomic mass is 32.2. The van der Waals surface area contributed by atoms with Gasteiger partial charge in [0.2, 0.25) is 0 Å². The minimum Gasteiger partial charge on any atom is -0.506 e. The fourth-order valence-corrected chi connectivity index (χ4v) is 3.08. The van der Waals surface area contributed by atoms with Gasteiger partial charge in [-0.2, -0.15) is 26.3 Å². The van der Waals surface area contributed by atoms with E-state index in [1.54, 1.807) is 0 Å². The zero-order valence-corrected chi connectivity index (χ0v) is 12.9. The second kappa shape index (κ2) is 6.14. The maximum atomic E-state index is 13.1. The van der Waals surface area contributed by atoms with Crippen LogP contribution in [0.15, 0.2) is 34.1 Å². The summed E-state index contributed by atoms with van der Waals surface area (Å²) in [6, 6.07) is 2.08. The summed E-state index contributed by atoms with van der Waals surface area (Å²) < 4.78 is 78.5. The SMILES string of the molecule is Nc1cc(Sc2cc(N)c(O)cc2C(F)(F)F)c(C(F)(F)F)cc1O. The number of nitrogen functional groups attached to an aromatic ring is 2. The largest absolute Gasteiger partial charge is 0.506 e. The fourth-order valence-electron chi connectivity index (χ4n) is 1.90. The normalized spacial score (nSPS) is 12.4. The monoisotopic (exact) mass is 384 g/mol. The Morgan fingerprint density at radius 3 is 1.28 bits per heavy atom. The van der Waals surface area contributed by atoms with E-state index < -0.39 is 56.1 Å².